The molecule has 6 heteroatoms. The second-order valence-electron chi connectivity index (χ2n) is 2.72. The number of rotatable bonds is 2. The van der Waals surface area contributed by atoms with Crippen molar-refractivity contribution in [2.45, 2.75) is 0 Å². The lowest BCUT2D eigenvalue weighted by Gasteiger charge is -2.05. The highest BCUT2D eigenvalue weighted by atomic mass is 32.2. The van der Waals surface area contributed by atoms with E-state index < -0.39 is 10.0 Å². The molecule has 0 aromatic heterocycles. The maximum absolute atomic E-state index is 10.9. The average Bonchev–Trinajstić information content (AvgIpc) is 2.01. The zero-order chi connectivity index (χ0) is 10.8. The maximum Gasteiger partial charge on any atom is 0.229 e. The molecule has 0 unspecified atom stereocenters. The SMILES string of the molecule is CS(=O)(=O)Nc1cc(O)ccc1C#N. The lowest BCUT2D eigenvalue weighted by atomic mass is 10.2. The van der Waals surface area contributed by atoms with Crippen molar-refractivity contribution in [1.29, 1.82) is 5.26 Å². The van der Waals surface area contributed by atoms with E-state index >= 15 is 0 Å². The summed E-state index contributed by atoms with van der Waals surface area (Å²) in [6.07, 6.45) is 0.970. The fourth-order valence-corrected chi connectivity index (χ4v) is 1.48. The van der Waals surface area contributed by atoms with Crippen molar-refractivity contribution in [3.05, 3.63) is 23.8 Å². The summed E-state index contributed by atoms with van der Waals surface area (Å²) >= 11 is 0. The van der Waals surface area contributed by atoms with Gasteiger partial charge in [0.2, 0.25) is 10.0 Å². The van der Waals surface area contributed by atoms with Crippen molar-refractivity contribution in [3.8, 4) is 11.8 Å². The fraction of sp³-hybridized carbons (Fsp3) is 0.125. The van der Waals surface area contributed by atoms with Crippen LogP contribution in [0.2, 0.25) is 0 Å². The van der Waals surface area contributed by atoms with Gasteiger partial charge in [0, 0.05) is 6.07 Å². The Balaban J connectivity index is 3.20. The van der Waals surface area contributed by atoms with Gasteiger partial charge in [-0.25, -0.2) is 8.42 Å². The van der Waals surface area contributed by atoms with E-state index in [0.717, 1.165) is 6.26 Å². The number of anilines is 1. The molecule has 0 fully saturated rings. The highest BCUT2D eigenvalue weighted by Gasteiger charge is 2.07. The second kappa shape index (κ2) is 3.55. The third-order valence-electron chi connectivity index (χ3n) is 1.42. The van der Waals surface area contributed by atoms with Gasteiger partial charge in [-0.05, 0) is 12.1 Å². The van der Waals surface area contributed by atoms with Gasteiger partial charge in [0.15, 0.2) is 0 Å². The summed E-state index contributed by atoms with van der Waals surface area (Å²) in [5.41, 5.74) is 0.239. The molecule has 0 aliphatic rings. The Hall–Kier alpha value is -1.74. The van der Waals surface area contributed by atoms with E-state index in [1.165, 1.54) is 18.2 Å². The van der Waals surface area contributed by atoms with E-state index in [1.54, 1.807) is 0 Å². The molecular formula is C8H8N2O3S. The Morgan fingerprint density at radius 1 is 1.50 bits per heavy atom. The lowest BCUT2D eigenvalue weighted by Crippen LogP contribution is -2.10. The highest BCUT2D eigenvalue weighted by Crippen LogP contribution is 2.21. The van der Waals surface area contributed by atoms with Crippen molar-refractivity contribution in [2.75, 3.05) is 11.0 Å². The molecule has 1 aromatic carbocycles. The van der Waals surface area contributed by atoms with Crippen LogP contribution in [0.5, 0.6) is 5.75 Å². The minimum Gasteiger partial charge on any atom is -0.508 e. The van der Waals surface area contributed by atoms with Crippen molar-refractivity contribution in [3.63, 3.8) is 0 Å². The normalized spacial score (nSPS) is 10.6. The van der Waals surface area contributed by atoms with Crippen LogP contribution in [0.3, 0.4) is 0 Å². The number of nitrogens with zero attached hydrogens (tertiary/aromatic N) is 1. The van der Waals surface area contributed by atoms with Crippen LogP contribution in [-0.4, -0.2) is 19.8 Å². The van der Waals surface area contributed by atoms with Gasteiger partial charge >= 0.3 is 0 Å². The van der Waals surface area contributed by atoms with E-state index in [2.05, 4.69) is 4.72 Å². The minimum atomic E-state index is -3.44. The first-order chi connectivity index (χ1) is 6.42. The number of phenolic OH excluding ortho intramolecular Hbond substituents is 1. The number of benzene rings is 1. The quantitative estimate of drug-likeness (QED) is 0.752. The van der Waals surface area contributed by atoms with Crippen molar-refractivity contribution >= 4 is 15.7 Å². The Bertz CT molecular complexity index is 488. The third-order valence-corrected chi connectivity index (χ3v) is 2.01. The van der Waals surface area contributed by atoms with Gasteiger partial charge in [-0.2, -0.15) is 5.26 Å². The molecule has 0 heterocycles. The van der Waals surface area contributed by atoms with E-state index in [9.17, 15) is 8.42 Å². The van der Waals surface area contributed by atoms with Gasteiger partial charge in [-0.1, -0.05) is 0 Å². The summed E-state index contributed by atoms with van der Waals surface area (Å²) < 4.78 is 23.9. The van der Waals surface area contributed by atoms with Crippen LogP contribution in [0.1, 0.15) is 5.56 Å². The summed E-state index contributed by atoms with van der Waals surface area (Å²) in [7, 11) is -3.44. The van der Waals surface area contributed by atoms with E-state index in [4.69, 9.17) is 10.4 Å². The van der Waals surface area contributed by atoms with Gasteiger partial charge in [0.25, 0.3) is 0 Å². The Morgan fingerprint density at radius 2 is 2.14 bits per heavy atom. The van der Waals surface area contributed by atoms with Crippen LogP contribution in [0.15, 0.2) is 18.2 Å². The van der Waals surface area contributed by atoms with E-state index in [-0.39, 0.29) is 17.0 Å². The maximum atomic E-state index is 10.9. The minimum absolute atomic E-state index is 0.0787. The Kier molecular flexibility index (Phi) is 2.63. The lowest BCUT2D eigenvalue weighted by molar-refractivity contribution is 0.475. The monoisotopic (exact) mass is 212 g/mol. The van der Waals surface area contributed by atoms with Crippen molar-refractivity contribution in [1.82, 2.24) is 0 Å². The summed E-state index contributed by atoms with van der Waals surface area (Å²) in [4.78, 5) is 0. The topological polar surface area (TPSA) is 90.2 Å². The third kappa shape index (κ3) is 2.64. The molecule has 1 aromatic rings. The van der Waals surface area contributed by atoms with Gasteiger partial charge in [-0.3, -0.25) is 4.72 Å². The number of phenols is 1. The van der Waals surface area contributed by atoms with Gasteiger partial charge < -0.3 is 5.11 Å². The zero-order valence-corrected chi connectivity index (χ0v) is 8.17. The predicted octanol–water partition coefficient (Wildman–Crippen LogP) is 0.635. The Morgan fingerprint density at radius 3 is 2.64 bits per heavy atom. The molecule has 5 nitrogen and oxygen atoms in total. The Labute approximate surface area is 81.7 Å². The first kappa shape index (κ1) is 10.3. The smallest absolute Gasteiger partial charge is 0.229 e. The number of hydrogen-bond acceptors (Lipinski definition) is 4. The molecule has 0 spiro atoms. The predicted molar refractivity (Wildman–Crippen MR) is 51.3 cm³/mol. The standard InChI is InChI=1S/C8H8N2O3S/c1-14(12,13)10-8-4-7(11)3-2-6(8)5-9/h2-4,10-11H,1H3. The first-order valence-electron chi connectivity index (χ1n) is 3.63. The molecular weight excluding hydrogens is 204 g/mol. The van der Waals surface area contributed by atoms with Gasteiger partial charge in [0.05, 0.1) is 17.5 Å². The molecule has 14 heavy (non-hydrogen) atoms. The van der Waals surface area contributed by atoms with Crippen LogP contribution >= 0.6 is 0 Å². The van der Waals surface area contributed by atoms with Crippen molar-refractivity contribution in [2.24, 2.45) is 0 Å². The molecule has 74 valence electrons. The molecule has 0 aliphatic heterocycles. The molecule has 0 atom stereocenters. The summed E-state index contributed by atoms with van der Waals surface area (Å²) in [5.74, 6) is -0.102. The van der Waals surface area contributed by atoms with E-state index in [0.29, 0.717) is 0 Å². The first-order valence-corrected chi connectivity index (χ1v) is 5.52. The van der Waals surface area contributed by atoms with Crippen LogP contribution in [0, 0.1) is 11.3 Å². The molecule has 0 saturated carbocycles. The summed E-state index contributed by atoms with van der Waals surface area (Å²) in [6, 6.07) is 5.64. The van der Waals surface area contributed by atoms with Gasteiger partial charge in [0.1, 0.15) is 11.8 Å². The molecule has 0 amide bonds. The molecule has 2 N–H and O–H groups in total. The molecule has 0 radical (unpaired) electrons. The molecule has 0 saturated heterocycles. The number of nitrogens with one attached hydrogen (secondary N) is 1. The van der Waals surface area contributed by atoms with Crippen LogP contribution in [-0.2, 0) is 10.0 Å². The van der Waals surface area contributed by atoms with Gasteiger partial charge in [-0.15, -0.1) is 0 Å². The summed E-state index contributed by atoms with van der Waals surface area (Å²) in [5, 5.41) is 17.7. The van der Waals surface area contributed by atoms with Crippen LogP contribution in [0.25, 0.3) is 0 Å². The molecule has 0 bridgehead atoms. The molecule has 1 rings (SSSR count). The number of nitriles is 1. The fourth-order valence-electron chi connectivity index (χ4n) is 0.914. The summed E-state index contributed by atoms with van der Waals surface area (Å²) in [6.45, 7) is 0. The number of hydrogen-bond donors (Lipinski definition) is 2. The largest absolute Gasteiger partial charge is 0.508 e. The highest BCUT2D eigenvalue weighted by molar-refractivity contribution is 7.92. The van der Waals surface area contributed by atoms with Crippen LogP contribution in [0.4, 0.5) is 5.69 Å². The number of sulfonamides is 1. The average molecular weight is 212 g/mol. The zero-order valence-electron chi connectivity index (χ0n) is 7.35. The van der Waals surface area contributed by atoms with Crippen LogP contribution < -0.4 is 4.72 Å². The second-order valence-corrected chi connectivity index (χ2v) is 4.46. The van der Waals surface area contributed by atoms with Crippen molar-refractivity contribution < 1.29 is 13.5 Å². The molecule has 0 aliphatic carbocycles. The number of aromatic hydroxyl groups is 1. The van der Waals surface area contributed by atoms with E-state index in [1.807, 2.05) is 6.07 Å².